The average molecular weight is 301 g/mol. The van der Waals surface area contributed by atoms with Gasteiger partial charge in [0.2, 0.25) is 0 Å². The van der Waals surface area contributed by atoms with Crippen molar-refractivity contribution >= 4 is 16.6 Å². The molecule has 0 spiro atoms. The molecule has 22 heavy (non-hydrogen) atoms. The van der Waals surface area contributed by atoms with E-state index in [9.17, 15) is 5.11 Å². The van der Waals surface area contributed by atoms with E-state index in [1.165, 1.54) is 0 Å². The van der Waals surface area contributed by atoms with Gasteiger partial charge >= 0.3 is 0 Å². The summed E-state index contributed by atoms with van der Waals surface area (Å²) in [6, 6.07) is 10.3. The molecule has 0 bridgehead atoms. The molecule has 0 aliphatic rings. The number of nitrogens with one attached hydrogen (secondary N) is 1. The molecule has 2 N–H and O–H groups in total. The predicted molar refractivity (Wildman–Crippen MR) is 93.5 cm³/mol. The van der Waals surface area contributed by atoms with Crippen LogP contribution in [0, 0.1) is 0 Å². The van der Waals surface area contributed by atoms with Crippen molar-refractivity contribution in [2.24, 2.45) is 0 Å². The first-order valence-corrected chi connectivity index (χ1v) is 7.75. The molecular formula is C18H27N3O. The number of fused-ring (bicyclic) bond motifs is 1. The van der Waals surface area contributed by atoms with E-state index in [2.05, 4.69) is 54.2 Å². The van der Waals surface area contributed by atoms with Crippen molar-refractivity contribution in [1.82, 2.24) is 10.3 Å². The van der Waals surface area contributed by atoms with Crippen LogP contribution in [-0.4, -0.2) is 42.4 Å². The Bertz CT molecular complexity index is 632. The van der Waals surface area contributed by atoms with Gasteiger partial charge in [0, 0.05) is 49.4 Å². The monoisotopic (exact) mass is 301 g/mol. The Labute approximate surface area is 133 Å². The van der Waals surface area contributed by atoms with Gasteiger partial charge < -0.3 is 15.3 Å². The van der Waals surface area contributed by atoms with Crippen LogP contribution >= 0.6 is 0 Å². The lowest BCUT2D eigenvalue weighted by atomic mass is 10.1. The topological polar surface area (TPSA) is 48.4 Å². The normalized spacial score (nSPS) is 13.4. The van der Waals surface area contributed by atoms with Crippen LogP contribution in [0.15, 0.2) is 30.3 Å². The molecule has 4 heteroatoms. The zero-order valence-corrected chi connectivity index (χ0v) is 14.2. The first-order valence-electron chi connectivity index (χ1n) is 7.75. The van der Waals surface area contributed by atoms with Gasteiger partial charge in [0.1, 0.15) is 0 Å². The van der Waals surface area contributed by atoms with E-state index < -0.39 is 6.10 Å². The van der Waals surface area contributed by atoms with Crippen molar-refractivity contribution < 1.29 is 5.11 Å². The van der Waals surface area contributed by atoms with E-state index in [0.717, 1.165) is 22.3 Å². The fourth-order valence-corrected chi connectivity index (χ4v) is 2.28. The van der Waals surface area contributed by atoms with Gasteiger partial charge in [0.25, 0.3) is 0 Å². The fourth-order valence-electron chi connectivity index (χ4n) is 2.28. The van der Waals surface area contributed by atoms with Crippen LogP contribution in [0.5, 0.6) is 0 Å². The summed E-state index contributed by atoms with van der Waals surface area (Å²) >= 11 is 0. The zero-order chi connectivity index (χ0) is 16.3. The number of anilines is 1. The smallest absolute Gasteiger partial charge is 0.0720 e. The fraction of sp³-hybridized carbons (Fsp3) is 0.500. The van der Waals surface area contributed by atoms with Gasteiger partial charge in [-0.25, -0.2) is 0 Å². The molecule has 0 aliphatic heterocycles. The third-order valence-corrected chi connectivity index (χ3v) is 3.56. The lowest BCUT2D eigenvalue weighted by Gasteiger charge is -2.22. The Hall–Kier alpha value is -1.65. The van der Waals surface area contributed by atoms with Crippen molar-refractivity contribution in [2.45, 2.75) is 38.8 Å². The van der Waals surface area contributed by atoms with E-state index in [1.54, 1.807) is 0 Å². The maximum absolute atomic E-state index is 10.1. The van der Waals surface area contributed by atoms with Crippen molar-refractivity contribution in [3.63, 3.8) is 0 Å². The van der Waals surface area contributed by atoms with Crippen molar-refractivity contribution in [2.75, 3.05) is 25.5 Å². The van der Waals surface area contributed by atoms with Crippen molar-refractivity contribution in [1.29, 1.82) is 0 Å². The Kier molecular flexibility index (Phi) is 5.04. The highest BCUT2D eigenvalue weighted by atomic mass is 16.3. The minimum atomic E-state index is -0.426. The zero-order valence-electron chi connectivity index (χ0n) is 14.2. The van der Waals surface area contributed by atoms with Gasteiger partial charge in [-0.15, -0.1) is 0 Å². The summed E-state index contributed by atoms with van der Waals surface area (Å²) in [6.45, 7) is 6.85. The summed E-state index contributed by atoms with van der Waals surface area (Å²) in [5.74, 6) is 0. The van der Waals surface area contributed by atoms with E-state index >= 15 is 0 Å². The molecule has 0 saturated carbocycles. The van der Waals surface area contributed by atoms with Crippen LogP contribution in [0.25, 0.3) is 10.9 Å². The largest absolute Gasteiger partial charge is 0.391 e. The molecule has 1 aromatic heterocycles. The number of β-amino-alcohol motifs (C(OH)–C–C–N with tert-alkyl or cyclic N) is 1. The average Bonchev–Trinajstić information content (AvgIpc) is 2.43. The standard InChI is InChI=1S/C18H27N3O/c1-18(2,3)19-12-16(22)11-14-7-6-13-10-15(21(4)5)8-9-17(13)20-14/h6-10,16,19,22H,11-12H2,1-5H3/t16-/m0/s1. The summed E-state index contributed by atoms with van der Waals surface area (Å²) < 4.78 is 0. The third-order valence-electron chi connectivity index (χ3n) is 3.56. The number of benzene rings is 1. The van der Waals surface area contributed by atoms with Gasteiger partial charge in [-0.05, 0) is 45.0 Å². The van der Waals surface area contributed by atoms with Crippen LogP contribution in [0.2, 0.25) is 0 Å². The van der Waals surface area contributed by atoms with Gasteiger partial charge in [-0.3, -0.25) is 4.98 Å². The summed E-state index contributed by atoms with van der Waals surface area (Å²) in [5, 5.41) is 14.6. The minimum absolute atomic E-state index is 0.0143. The van der Waals surface area contributed by atoms with Crippen LogP contribution in [0.4, 0.5) is 5.69 Å². The molecule has 0 saturated heterocycles. The molecule has 1 heterocycles. The van der Waals surface area contributed by atoms with E-state index in [-0.39, 0.29) is 5.54 Å². The quantitative estimate of drug-likeness (QED) is 0.891. The number of pyridine rings is 1. The highest BCUT2D eigenvalue weighted by Gasteiger charge is 2.13. The third kappa shape index (κ3) is 4.68. The van der Waals surface area contributed by atoms with Gasteiger partial charge in [0.05, 0.1) is 11.6 Å². The number of rotatable bonds is 5. The molecule has 0 radical (unpaired) electrons. The van der Waals surface area contributed by atoms with E-state index in [0.29, 0.717) is 13.0 Å². The molecule has 1 aromatic carbocycles. The molecule has 2 aromatic rings. The molecule has 0 unspecified atom stereocenters. The molecule has 0 aliphatic carbocycles. The molecule has 120 valence electrons. The van der Waals surface area contributed by atoms with E-state index in [1.807, 2.05) is 26.2 Å². The second-order valence-corrected chi connectivity index (χ2v) is 7.06. The molecule has 0 amide bonds. The van der Waals surface area contributed by atoms with Crippen LogP contribution in [0.3, 0.4) is 0 Å². The Morgan fingerprint density at radius 3 is 2.55 bits per heavy atom. The number of hydrogen-bond acceptors (Lipinski definition) is 4. The molecule has 4 nitrogen and oxygen atoms in total. The second-order valence-electron chi connectivity index (χ2n) is 7.06. The SMILES string of the molecule is CN(C)c1ccc2nc(C[C@H](O)CNC(C)(C)C)ccc2c1. The van der Waals surface area contributed by atoms with Crippen LogP contribution in [0.1, 0.15) is 26.5 Å². The summed E-state index contributed by atoms with van der Waals surface area (Å²) in [6.07, 6.45) is 0.138. The maximum atomic E-state index is 10.1. The Balaban J connectivity index is 2.08. The summed E-state index contributed by atoms with van der Waals surface area (Å²) in [7, 11) is 4.06. The Morgan fingerprint density at radius 1 is 1.18 bits per heavy atom. The first kappa shape index (κ1) is 16.7. The van der Waals surface area contributed by atoms with Gasteiger partial charge in [0.15, 0.2) is 0 Å². The number of aliphatic hydroxyl groups excluding tert-OH is 1. The molecule has 0 fully saturated rings. The van der Waals surface area contributed by atoms with Crippen LogP contribution in [-0.2, 0) is 6.42 Å². The van der Waals surface area contributed by atoms with Crippen LogP contribution < -0.4 is 10.2 Å². The van der Waals surface area contributed by atoms with Crippen molar-refractivity contribution in [3.05, 3.63) is 36.0 Å². The minimum Gasteiger partial charge on any atom is -0.391 e. The summed E-state index contributed by atoms with van der Waals surface area (Å²) in [5.41, 5.74) is 3.07. The highest BCUT2D eigenvalue weighted by Crippen LogP contribution is 2.20. The lowest BCUT2D eigenvalue weighted by Crippen LogP contribution is -2.41. The lowest BCUT2D eigenvalue weighted by molar-refractivity contribution is 0.160. The second kappa shape index (κ2) is 6.63. The molecule has 1 atom stereocenters. The predicted octanol–water partition coefficient (Wildman–Crippen LogP) is 2.59. The number of nitrogens with zero attached hydrogens (tertiary/aromatic N) is 2. The number of aliphatic hydroxyl groups is 1. The summed E-state index contributed by atoms with van der Waals surface area (Å²) in [4.78, 5) is 6.73. The van der Waals surface area contributed by atoms with Gasteiger partial charge in [-0.1, -0.05) is 6.07 Å². The Morgan fingerprint density at radius 2 is 1.91 bits per heavy atom. The maximum Gasteiger partial charge on any atom is 0.0720 e. The number of aromatic nitrogens is 1. The van der Waals surface area contributed by atoms with E-state index in [4.69, 9.17) is 0 Å². The first-order chi connectivity index (χ1) is 10.2. The number of hydrogen-bond donors (Lipinski definition) is 2. The van der Waals surface area contributed by atoms with Gasteiger partial charge in [-0.2, -0.15) is 0 Å². The van der Waals surface area contributed by atoms with Crippen molar-refractivity contribution in [3.8, 4) is 0 Å². The molecule has 2 rings (SSSR count). The highest BCUT2D eigenvalue weighted by molar-refractivity contribution is 5.82. The molecular weight excluding hydrogens is 274 g/mol.